The number of pyridine rings is 1. The van der Waals surface area contributed by atoms with Crippen LogP contribution in [0.3, 0.4) is 0 Å². The average Bonchev–Trinajstić information content (AvgIpc) is 2.61. The van der Waals surface area contributed by atoms with Gasteiger partial charge in [-0.05, 0) is 47.7 Å². The number of esters is 1. The van der Waals surface area contributed by atoms with Crippen molar-refractivity contribution in [3.63, 3.8) is 0 Å². The number of methoxy groups -OCH3 is 1. The Bertz CT molecular complexity index is 776. The second-order valence-electron chi connectivity index (χ2n) is 5.33. The molecular weight excluding hydrogens is 363 g/mol. The number of carbonyl (C=O) groups is 1. The second-order valence-corrected chi connectivity index (χ2v) is 6.20. The number of hydrogen-bond acceptors (Lipinski definition) is 4. The Morgan fingerprint density at radius 3 is 2.72 bits per heavy atom. The number of benzene rings is 1. The quantitative estimate of drug-likeness (QED) is 0.276. The molecule has 0 aliphatic rings. The largest absolute Gasteiger partial charge is 0.469 e. The molecule has 8 heteroatoms. The van der Waals surface area contributed by atoms with E-state index in [1.807, 2.05) is 12.1 Å². The highest BCUT2D eigenvalue weighted by Crippen LogP contribution is 2.38. The SMILES string of the molecule is COC(=O)CC[C@@H](c1cccc(Cl)c1)[C@@H](N=[N+]=[N-])c1ccc(Cl)cn1. The Morgan fingerprint density at radius 1 is 1.32 bits per heavy atom. The highest BCUT2D eigenvalue weighted by molar-refractivity contribution is 6.30. The number of nitrogens with zero attached hydrogens (tertiary/aromatic N) is 4. The molecule has 2 rings (SSSR count). The summed E-state index contributed by atoms with van der Waals surface area (Å²) in [6.07, 6.45) is 2.09. The molecule has 0 fully saturated rings. The summed E-state index contributed by atoms with van der Waals surface area (Å²) in [6, 6.07) is 10.0. The van der Waals surface area contributed by atoms with Crippen molar-refractivity contribution in [1.29, 1.82) is 0 Å². The van der Waals surface area contributed by atoms with Gasteiger partial charge >= 0.3 is 5.97 Å². The molecule has 1 heterocycles. The highest BCUT2D eigenvalue weighted by atomic mass is 35.5. The van der Waals surface area contributed by atoms with Crippen molar-refractivity contribution in [3.8, 4) is 0 Å². The van der Waals surface area contributed by atoms with E-state index in [2.05, 4.69) is 15.0 Å². The monoisotopic (exact) mass is 378 g/mol. The van der Waals surface area contributed by atoms with Gasteiger partial charge in [-0.3, -0.25) is 9.78 Å². The van der Waals surface area contributed by atoms with Crippen molar-refractivity contribution in [2.75, 3.05) is 7.11 Å². The van der Waals surface area contributed by atoms with Gasteiger partial charge in [-0.25, -0.2) is 0 Å². The van der Waals surface area contributed by atoms with Crippen LogP contribution < -0.4 is 0 Å². The van der Waals surface area contributed by atoms with Gasteiger partial charge in [-0.15, -0.1) is 0 Å². The van der Waals surface area contributed by atoms with Crippen LogP contribution in [0.5, 0.6) is 0 Å². The van der Waals surface area contributed by atoms with E-state index in [4.69, 9.17) is 33.5 Å². The molecule has 0 aliphatic carbocycles. The van der Waals surface area contributed by atoms with E-state index in [1.165, 1.54) is 13.3 Å². The van der Waals surface area contributed by atoms with E-state index in [-0.39, 0.29) is 18.3 Å². The average molecular weight is 379 g/mol. The first-order chi connectivity index (χ1) is 12.0. The van der Waals surface area contributed by atoms with Gasteiger partial charge in [0.2, 0.25) is 0 Å². The molecule has 0 radical (unpaired) electrons. The molecule has 130 valence electrons. The van der Waals surface area contributed by atoms with E-state index in [0.29, 0.717) is 22.2 Å². The Hall–Kier alpha value is -2.27. The van der Waals surface area contributed by atoms with Gasteiger partial charge in [-0.1, -0.05) is 40.4 Å². The maximum absolute atomic E-state index is 11.6. The standard InChI is InChI=1S/C17H16Cl2N4O2/c1-25-16(24)8-6-14(11-3-2-4-12(18)9-11)17(22-23-20)15-7-5-13(19)10-21-15/h2-5,7,9-10,14,17H,6,8H2,1H3/t14-,17+/m0/s1. The molecule has 0 unspecified atom stereocenters. The van der Waals surface area contributed by atoms with Crippen molar-refractivity contribution in [1.82, 2.24) is 4.98 Å². The Morgan fingerprint density at radius 2 is 2.12 bits per heavy atom. The van der Waals surface area contributed by atoms with Crippen molar-refractivity contribution < 1.29 is 9.53 Å². The lowest BCUT2D eigenvalue weighted by Gasteiger charge is -2.23. The molecule has 0 saturated heterocycles. The Labute approximate surface area is 155 Å². The molecule has 1 aromatic heterocycles. The van der Waals surface area contributed by atoms with Gasteiger partial charge in [0, 0.05) is 28.2 Å². The van der Waals surface area contributed by atoms with Crippen molar-refractivity contribution >= 4 is 29.2 Å². The fourth-order valence-electron chi connectivity index (χ4n) is 2.58. The maximum atomic E-state index is 11.6. The van der Waals surface area contributed by atoms with Crippen LogP contribution >= 0.6 is 23.2 Å². The number of azide groups is 1. The zero-order valence-corrected chi connectivity index (χ0v) is 15.0. The topological polar surface area (TPSA) is 88.0 Å². The molecular formula is C17H16Cl2N4O2. The van der Waals surface area contributed by atoms with Crippen molar-refractivity contribution in [2.45, 2.75) is 24.8 Å². The first-order valence-electron chi connectivity index (χ1n) is 7.53. The molecule has 25 heavy (non-hydrogen) atoms. The molecule has 0 aliphatic heterocycles. The lowest BCUT2D eigenvalue weighted by molar-refractivity contribution is -0.140. The third kappa shape index (κ3) is 5.36. The zero-order chi connectivity index (χ0) is 18.2. The number of carbonyl (C=O) groups excluding carboxylic acids is 1. The van der Waals surface area contributed by atoms with Gasteiger partial charge in [0.25, 0.3) is 0 Å². The normalized spacial score (nSPS) is 12.8. The predicted octanol–water partition coefficient (Wildman–Crippen LogP) is 5.48. The molecule has 0 bridgehead atoms. The first kappa shape index (κ1) is 19.1. The van der Waals surface area contributed by atoms with E-state index >= 15 is 0 Å². The van der Waals surface area contributed by atoms with Gasteiger partial charge in [-0.2, -0.15) is 0 Å². The minimum atomic E-state index is -0.606. The number of rotatable bonds is 7. The minimum Gasteiger partial charge on any atom is -0.469 e. The molecule has 2 atom stereocenters. The number of aromatic nitrogens is 1. The fourth-order valence-corrected chi connectivity index (χ4v) is 2.89. The summed E-state index contributed by atoms with van der Waals surface area (Å²) in [6.45, 7) is 0. The van der Waals surface area contributed by atoms with Crippen LogP contribution in [0.25, 0.3) is 10.4 Å². The van der Waals surface area contributed by atoms with Crippen LogP contribution in [0.2, 0.25) is 10.0 Å². The fraction of sp³-hybridized carbons (Fsp3) is 0.294. The number of ether oxygens (including phenoxy) is 1. The molecule has 0 saturated carbocycles. The van der Waals surface area contributed by atoms with E-state index in [0.717, 1.165) is 5.56 Å². The summed E-state index contributed by atoms with van der Waals surface area (Å²) < 4.78 is 4.72. The molecule has 1 aromatic carbocycles. The van der Waals surface area contributed by atoms with Gasteiger partial charge in [0.15, 0.2) is 0 Å². The molecule has 2 aromatic rings. The summed E-state index contributed by atoms with van der Waals surface area (Å²) in [5, 5.41) is 4.96. The van der Waals surface area contributed by atoms with Crippen LogP contribution in [0.4, 0.5) is 0 Å². The van der Waals surface area contributed by atoms with Crippen molar-refractivity contribution in [2.24, 2.45) is 5.11 Å². The highest BCUT2D eigenvalue weighted by Gasteiger charge is 2.26. The summed E-state index contributed by atoms with van der Waals surface area (Å²) in [7, 11) is 1.34. The number of halogens is 2. The molecule has 0 N–H and O–H groups in total. The van der Waals surface area contributed by atoms with E-state index in [1.54, 1.807) is 24.3 Å². The summed E-state index contributed by atoms with van der Waals surface area (Å²) >= 11 is 12.0. The Kier molecular flexibility index (Phi) is 7.07. The second kappa shape index (κ2) is 9.28. The molecule has 0 amide bonds. The Balaban J connectivity index is 2.43. The zero-order valence-electron chi connectivity index (χ0n) is 13.5. The van der Waals surface area contributed by atoms with Crippen molar-refractivity contribution in [3.05, 3.63) is 74.3 Å². The third-order valence-corrected chi connectivity index (χ3v) is 4.23. The van der Waals surface area contributed by atoms with Crippen LogP contribution in [0.1, 0.15) is 36.1 Å². The lowest BCUT2D eigenvalue weighted by Crippen LogP contribution is -2.13. The van der Waals surface area contributed by atoms with Gasteiger partial charge in [0.1, 0.15) is 0 Å². The van der Waals surface area contributed by atoms with Gasteiger partial charge < -0.3 is 4.74 Å². The summed E-state index contributed by atoms with van der Waals surface area (Å²) in [4.78, 5) is 18.8. The van der Waals surface area contributed by atoms with Crippen LogP contribution in [0.15, 0.2) is 47.7 Å². The molecule has 0 spiro atoms. The minimum absolute atomic E-state index is 0.179. The van der Waals surface area contributed by atoms with Crippen LogP contribution in [-0.4, -0.2) is 18.1 Å². The smallest absolute Gasteiger partial charge is 0.305 e. The van der Waals surface area contributed by atoms with E-state index < -0.39 is 6.04 Å². The predicted molar refractivity (Wildman–Crippen MR) is 96.6 cm³/mol. The van der Waals surface area contributed by atoms with E-state index in [9.17, 15) is 4.79 Å². The van der Waals surface area contributed by atoms with Gasteiger partial charge in [0.05, 0.1) is 18.2 Å². The van der Waals surface area contributed by atoms with Crippen LogP contribution in [-0.2, 0) is 9.53 Å². The lowest BCUT2D eigenvalue weighted by atomic mass is 9.86. The summed E-state index contributed by atoms with van der Waals surface area (Å²) in [5.74, 6) is -0.627. The maximum Gasteiger partial charge on any atom is 0.305 e. The van der Waals surface area contributed by atoms with Crippen LogP contribution in [0, 0.1) is 0 Å². The molecule has 6 nitrogen and oxygen atoms in total. The summed E-state index contributed by atoms with van der Waals surface area (Å²) in [5.41, 5.74) is 10.4. The third-order valence-electron chi connectivity index (χ3n) is 3.77. The first-order valence-corrected chi connectivity index (χ1v) is 8.28. The number of hydrogen-bond donors (Lipinski definition) is 0.